The fraction of sp³-hybridized carbons (Fsp3) is 0.333. The van der Waals surface area contributed by atoms with Crippen molar-refractivity contribution in [3.05, 3.63) is 59.2 Å². The second-order valence-electron chi connectivity index (χ2n) is 5.61. The van der Waals surface area contributed by atoms with Crippen LogP contribution in [0.15, 0.2) is 42.5 Å². The number of phenols is 1. The molecule has 0 fully saturated rings. The Labute approximate surface area is 125 Å². The number of nitrogens with one attached hydrogen (secondary N) is 1. The second kappa shape index (κ2) is 6.19. The summed E-state index contributed by atoms with van der Waals surface area (Å²) in [5.74, 6) is 0.358. The average molecular weight is 283 g/mol. The van der Waals surface area contributed by atoms with E-state index in [1.165, 1.54) is 16.7 Å². The molecular weight excluding hydrogens is 262 g/mol. The number of fused-ring (bicyclic) bond motifs is 1. The van der Waals surface area contributed by atoms with Gasteiger partial charge in [0.15, 0.2) is 0 Å². The van der Waals surface area contributed by atoms with Gasteiger partial charge in [-0.25, -0.2) is 0 Å². The Balaban J connectivity index is 1.81. The van der Waals surface area contributed by atoms with E-state index in [0.29, 0.717) is 18.4 Å². The highest BCUT2D eigenvalue weighted by molar-refractivity contribution is 5.50. The molecule has 2 aromatic rings. The van der Waals surface area contributed by atoms with E-state index in [4.69, 9.17) is 4.74 Å². The zero-order chi connectivity index (χ0) is 14.7. The maximum absolute atomic E-state index is 9.63. The van der Waals surface area contributed by atoms with Gasteiger partial charge in [-0.15, -0.1) is 0 Å². The van der Waals surface area contributed by atoms with Gasteiger partial charge in [0.05, 0.1) is 12.6 Å². The van der Waals surface area contributed by atoms with Crippen LogP contribution in [0.25, 0.3) is 0 Å². The molecule has 3 rings (SSSR count). The summed E-state index contributed by atoms with van der Waals surface area (Å²) in [6.07, 6.45) is 3.31. The third kappa shape index (κ3) is 3.19. The number of aryl methyl sites for hydroxylation is 1. The molecule has 0 amide bonds. The standard InChI is InChI=1S/C18H21NO2/c1-21-12-13-4-2-6-15(10-13)19-18-7-3-5-14-11-16(20)8-9-17(14)18/h2,4,6,8-11,18-20H,3,5,7,12H2,1H3. The molecule has 0 saturated carbocycles. The van der Waals surface area contributed by atoms with Crippen LogP contribution in [0.5, 0.6) is 5.75 Å². The van der Waals surface area contributed by atoms with Gasteiger partial charge < -0.3 is 15.2 Å². The van der Waals surface area contributed by atoms with Gasteiger partial charge in [0.2, 0.25) is 0 Å². The highest BCUT2D eigenvalue weighted by Crippen LogP contribution is 2.34. The van der Waals surface area contributed by atoms with Gasteiger partial charge in [-0.1, -0.05) is 18.2 Å². The summed E-state index contributed by atoms with van der Waals surface area (Å²) in [5, 5.41) is 13.2. The molecule has 0 radical (unpaired) electrons. The van der Waals surface area contributed by atoms with E-state index >= 15 is 0 Å². The van der Waals surface area contributed by atoms with Crippen molar-refractivity contribution in [2.45, 2.75) is 31.9 Å². The molecule has 1 aliphatic rings. The summed E-state index contributed by atoms with van der Waals surface area (Å²) < 4.78 is 5.19. The van der Waals surface area contributed by atoms with Gasteiger partial charge >= 0.3 is 0 Å². The highest BCUT2D eigenvalue weighted by atomic mass is 16.5. The highest BCUT2D eigenvalue weighted by Gasteiger charge is 2.20. The molecule has 3 heteroatoms. The van der Waals surface area contributed by atoms with Gasteiger partial charge in [-0.3, -0.25) is 0 Å². The lowest BCUT2D eigenvalue weighted by molar-refractivity contribution is 0.185. The molecule has 0 bridgehead atoms. The first-order valence-corrected chi connectivity index (χ1v) is 7.42. The molecule has 2 aromatic carbocycles. The summed E-state index contributed by atoms with van der Waals surface area (Å²) in [6, 6.07) is 14.4. The molecule has 1 unspecified atom stereocenters. The van der Waals surface area contributed by atoms with Crippen LogP contribution >= 0.6 is 0 Å². The lowest BCUT2D eigenvalue weighted by Crippen LogP contribution is -2.17. The summed E-state index contributed by atoms with van der Waals surface area (Å²) in [5.41, 5.74) is 4.85. The normalized spacial score (nSPS) is 17.3. The van der Waals surface area contributed by atoms with E-state index < -0.39 is 0 Å². The third-order valence-corrected chi connectivity index (χ3v) is 4.02. The topological polar surface area (TPSA) is 41.5 Å². The van der Waals surface area contributed by atoms with Gasteiger partial charge in [0.1, 0.15) is 5.75 Å². The van der Waals surface area contributed by atoms with Gasteiger partial charge in [-0.05, 0) is 60.2 Å². The van der Waals surface area contributed by atoms with Crippen LogP contribution in [0.2, 0.25) is 0 Å². The largest absolute Gasteiger partial charge is 0.508 e. The van der Waals surface area contributed by atoms with Crippen LogP contribution in [0.1, 0.15) is 35.6 Å². The third-order valence-electron chi connectivity index (χ3n) is 4.02. The summed E-state index contributed by atoms with van der Waals surface area (Å²) >= 11 is 0. The number of hydrogen-bond acceptors (Lipinski definition) is 3. The van der Waals surface area contributed by atoms with E-state index in [1.54, 1.807) is 13.2 Å². The quantitative estimate of drug-likeness (QED) is 0.890. The molecule has 3 nitrogen and oxygen atoms in total. The van der Waals surface area contributed by atoms with Crippen molar-refractivity contribution in [2.75, 3.05) is 12.4 Å². The number of phenolic OH excluding ortho intramolecular Hbond substituents is 1. The number of benzene rings is 2. The van der Waals surface area contributed by atoms with E-state index in [2.05, 4.69) is 29.6 Å². The minimum Gasteiger partial charge on any atom is -0.508 e. The molecule has 1 atom stereocenters. The first-order chi connectivity index (χ1) is 10.3. The van der Waals surface area contributed by atoms with E-state index in [1.807, 2.05) is 12.1 Å². The number of aromatic hydroxyl groups is 1. The molecule has 1 aliphatic carbocycles. The van der Waals surface area contributed by atoms with E-state index in [0.717, 1.165) is 24.9 Å². The predicted octanol–water partition coefficient (Wildman–Crippen LogP) is 4.03. The van der Waals surface area contributed by atoms with Crippen LogP contribution in [0, 0.1) is 0 Å². The number of ether oxygens (including phenoxy) is 1. The number of anilines is 1. The Morgan fingerprint density at radius 2 is 2.14 bits per heavy atom. The van der Waals surface area contributed by atoms with Gasteiger partial charge in [0.25, 0.3) is 0 Å². The van der Waals surface area contributed by atoms with Crippen molar-refractivity contribution in [1.82, 2.24) is 0 Å². The van der Waals surface area contributed by atoms with Crippen molar-refractivity contribution < 1.29 is 9.84 Å². The molecule has 21 heavy (non-hydrogen) atoms. The summed E-state index contributed by atoms with van der Waals surface area (Å²) in [7, 11) is 1.71. The van der Waals surface area contributed by atoms with Gasteiger partial charge in [0, 0.05) is 12.8 Å². The zero-order valence-corrected chi connectivity index (χ0v) is 12.3. The Morgan fingerprint density at radius 1 is 1.24 bits per heavy atom. The fourth-order valence-corrected chi connectivity index (χ4v) is 3.07. The summed E-state index contributed by atoms with van der Waals surface area (Å²) in [4.78, 5) is 0. The number of methoxy groups -OCH3 is 1. The van der Waals surface area contributed by atoms with Crippen molar-refractivity contribution in [1.29, 1.82) is 0 Å². The van der Waals surface area contributed by atoms with Crippen LogP contribution in [-0.4, -0.2) is 12.2 Å². The van der Waals surface area contributed by atoms with Crippen LogP contribution < -0.4 is 5.32 Å². The molecule has 0 spiro atoms. The first kappa shape index (κ1) is 14.0. The van der Waals surface area contributed by atoms with Crippen molar-refractivity contribution in [2.24, 2.45) is 0 Å². The molecule has 0 aromatic heterocycles. The first-order valence-electron chi connectivity index (χ1n) is 7.42. The van der Waals surface area contributed by atoms with Crippen molar-refractivity contribution in [3.8, 4) is 5.75 Å². The average Bonchev–Trinajstić information content (AvgIpc) is 2.48. The maximum atomic E-state index is 9.63. The fourth-order valence-electron chi connectivity index (χ4n) is 3.07. The van der Waals surface area contributed by atoms with Crippen LogP contribution in [0.3, 0.4) is 0 Å². The lowest BCUT2D eigenvalue weighted by Gasteiger charge is -2.27. The molecule has 0 saturated heterocycles. The predicted molar refractivity (Wildman–Crippen MR) is 84.6 cm³/mol. The monoisotopic (exact) mass is 283 g/mol. The zero-order valence-electron chi connectivity index (χ0n) is 12.3. The Kier molecular flexibility index (Phi) is 4.11. The van der Waals surface area contributed by atoms with E-state index in [9.17, 15) is 5.11 Å². The van der Waals surface area contributed by atoms with Gasteiger partial charge in [-0.2, -0.15) is 0 Å². The molecule has 0 heterocycles. The van der Waals surface area contributed by atoms with Crippen molar-refractivity contribution in [3.63, 3.8) is 0 Å². The molecule has 0 aliphatic heterocycles. The maximum Gasteiger partial charge on any atom is 0.115 e. The minimum absolute atomic E-state index is 0.312. The number of rotatable bonds is 4. The lowest BCUT2D eigenvalue weighted by atomic mass is 9.87. The Morgan fingerprint density at radius 3 is 3.00 bits per heavy atom. The number of hydrogen-bond donors (Lipinski definition) is 2. The SMILES string of the molecule is COCc1cccc(NC2CCCc3cc(O)ccc32)c1. The second-order valence-corrected chi connectivity index (χ2v) is 5.61. The van der Waals surface area contributed by atoms with Crippen LogP contribution in [-0.2, 0) is 17.8 Å². The molecule has 110 valence electrons. The Bertz CT molecular complexity index is 624. The minimum atomic E-state index is 0.312. The smallest absolute Gasteiger partial charge is 0.115 e. The molecule has 2 N–H and O–H groups in total. The van der Waals surface area contributed by atoms with Crippen molar-refractivity contribution >= 4 is 5.69 Å². The molecular formula is C18H21NO2. The summed E-state index contributed by atoms with van der Waals surface area (Å²) in [6.45, 7) is 0.630. The Hall–Kier alpha value is -2.00. The van der Waals surface area contributed by atoms with E-state index in [-0.39, 0.29) is 0 Å². The van der Waals surface area contributed by atoms with Crippen LogP contribution in [0.4, 0.5) is 5.69 Å².